The van der Waals surface area contributed by atoms with Crippen molar-refractivity contribution in [2.75, 3.05) is 14.1 Å². The molecular weight excluding hydrogens is 232 g/mol. The number of nitrogens with zero attached hydrogens (tertiary/aromatic N) is 1. The van der Waals surface area contributed by atoms with Gasteiger partial charge in [-0.1, -0.05) is 39.5 Å². The third kappa shape index (κ3) is 3.72. The molecule has 2 aliphatic carbocycles. The molecule has 0 spiro atoms. The highest BCUT2D eigenvalue weighted by atomic mass is 15.2. The Morgan fingerprint density at radius 1 is 0.947 bits per heavy atom. The summed E-state index contributed by atoms with van der Waals surface area (Å²) in [6.07, 6.45) is 11.4. The van der Waals surface area contributed by atoms with Crippen LogP contribution < -0.4 is 5.32 Å². The first kappa shape index (κ1) is 15.3. The van der Waals surface area contributed by atoms with E-state index in [1.165, 1.54) is 51.4 Å². The third-order valence-corrected chi connectivity index (χ3v) is 5.67. The van der Waals surface area contributed by atoms with Gasteiger partial charge < -0.3 is 5.32 Å². The number of hydrogen-bond donors (Lipinski definition) is 1. The Labute approximate surface area is 120 Å². The monoisotopic (exact) mass is 266 g/mol. The van der Waals surface area contributed by atoms with Crippen LogP contribution in [0.5, 0.6) is 0 Å². The minimum absolute atomic E-state index is 0.687. The SMILES string of the molecule is CNC1CC(C)CC(C)C1N(C)C1CCCCCC1. The van der Waals surface area contributed by atoms with Crippen molar-refractivity contribution in [3.8, 4) is 0 Å². The van der Waals surface area contributed by atoms with E-state index in [1.807, 2.05) is 0 Å². The second kappa shape index (κ2) is 7.08. The fraction of sp³-hybridized carbons (Fsp3) is 1.00. The van der Waals surface area contributed by atoms with E-state index in [1.54, 1.807) is 0 Å². The summed E-state index contributed by atoms with van der Waals surface area (Å²) in [5.41, 5.74) is 0. The van der Waals surface area contributed by atoms with Gasteiger partial charge in [0.1, 0.15) is 0 Å². The molecule has 0 bridgehead atoms. The predicted octanol–water partition coefficient (Wildman–Crippen LogP) is 3.66. The number of nitrogens with one attached hydrogen (secondary N) is 1. The van der Waals surface area contributed by atoms with E-state index in [4.69, 9.17) is 0 Å². The van der Waals surface area contributed by atoms with Crippen LogP contribution in [0.15, 0.2) is 0 Å². The van der Waals surface area contributed by atoms with Crippen molar-refractivity contribution in [2.24, 2.45) is 11.8 Å². The molecule has 2 heteroatoms. The molecule has 0 radical (unpaired) electrons. The van der Waals surface area contributed by atoms with Gasteiger partial charge in [-0.3, -0.25) is 4.90 Å². The van der Waals surface area contributed by atoms with Gasteiger partial charge in [-0.15, -0.1) is 0 Å². The second-order valence-corrected chi connectivity index (χ2v) is 7.25. The molecular formula is C17H34N2. The molecule has 0 aromatic heterocycles. The maximum absolute atomic E-state index is 3.61. The molecule has 19 heavy (non-hydrogen) atoms. The molecule has 1 N–H and O–H groups in total. The first-order valence-corrected chi connectivity index (χ1v) is 8.52. The van der Waals surface area contributed by atoms with Gasteiger partial charge in [0.05, 0.1) is 0 Å². The zero-order chi connectivity index (χ0) is 13.8. The minimum atomic E-state index is 0.687. The molecule has 2 saturated carbocycles. The zero-order valence-electron chi connectivity index (χ0n) is 13.5. The molecule has 2 nitrogen and oxygen atoms in total. The lowest BCUT2D eigenvalue weighted by Crippen LogP contribution is -2.57. The molecule has 0 amide bonds. The summed E-state index contributed by atoms with van der Waals surface area (Å²) in [6, 6.07) is 2.26. The van der Waals surface area contributed by atoms with E-state index >= 15 is 0 Å². The van der Waals surface area contributed by atoms with Crippen molar-refractivity contribution in [1.82, 2.24) is 10.2 Å². The summed E-state index contributed by atoms with van der Waals surface area (Å²) < 4.78 is 0. The van der Waals surface area contributed by atoms with Crippen LogP contribution >= 0.6 is 0 Å². The van der Waals surface area contributed by atoms with E-state index in [0.717, 1.165) is 23.9 Å². The highest BCUT2D eigenvalue weighted by Gasteiger charge is 2.37. The lowest BCUT2D eigenvalue weighted by atomic mass is 9.75. The molecule has 0 aliphatic heterocycles. The van der Waals surface area contributed by atoms with Crippen molar-refractivity contribution in [1.29, 1.82) is 0 Å². The first-order chi connectivity index (χ1) is 9.13. The summed E-state index contributed by atoms with van der Waals surface area (Å²) in [5, 5.41) is 3.61. The number of rotatable bonds is 3. The fourth-order valence-corrected chi connectivity index (χ4v) is 4.72. The van der Waals surface area contributed by atoms with E-state index in [9.17, 15) is 0 Å². The number of likely N-dealkylation sites (N-methyl/N-ethyl adjacent to an activating group) is 2. The number of hydrogen-bond acceptors (Lipinski definition) is 2. The Kier molecular flexibility index (Phi) is 5.70. The van der Waals surface area contributed by atoms with Crippen LogP contribution in [0.25, 0.3) is 0 Å². The molecule has 0 heterocycles. The maximum atomic E-state index is 3.61. The smallest absolute Gasteiger partial charge is 0.0274 e. The summed E-state index contributed by atoms with van der Waals surface area (Å²) in [6.45, 7) is 4.89. The molecule has 2 fully saturated rings. The highest BCUT2D eigenvalue weighted by Crippen LogP contribution is 2.34. The lowest BCUT2D eigenvalue weighted by Gasteiger charge is -2.47. The van der Waals surface area contributed by atoms with E-state index < -0.39 is 0 Å². The van der Waals surface area contributed by atoms with E-state index in [0.29, 0.717) is 6.04 Å². The molecule has 4 unspecified atom stereocenters. The van der Waals surface area contributed by atoms with Crippen molar-refractivity contribution in [3.05, 3.63) is 0 Å². The van der Waals surface area contributed by atoms with Gasteiger partial charge in [-0.25, -0.2) is 0 Å². The predicted molar refractivity (Wildman–Crippen MR) is 83.5 cm³/mol. The summed E-state index contributed by atoms with van der Waals surface area (Å²) in [5.74, 6) is 1.71. The summed E-state index contributed by atoms with van der Waals surface area (Å²) in [4.78, 5) is 2.75. The normalized spacial score (nSPS) is 38.4. The van der Waals surface area contributed by atoms with Crippen LogP contribution in [0.2, 0.25) is 0 Å². The average molecular weight is 266 g/mol. The standard InChI is InChI=1S/C17H34N2/c1-13-11-14(2)17(16(12-13)18-3)19(4)15-9-7-5-6-8-10-15/h13-18H,5-12H2,1-4H3. The molecule has 112 valence electrons. The van der Waals surface area contributed by atoms with Crippen LogP contribution in [0.1, 0.15) is 65.2 Å². The Bertz CT molecular complexity index is 258. The van der Waals surface area contributed by atoms with Crippen molar-refractivity contribution in [3.63, 3.8) is 0 Å². The fourth-order valence-electron chi connectivity index (χ4n) is 4.72. The largest absolute Gasteiger partial charge is 0.315 e. The van der Waals surface area contributed by atoms with Gasteiger partial charge in [0, 0.05) is 18.1 Å². The van der Waals surface area contributed by atoms with Crippen molar-refractivity contribution >= 4 is 0 Å². The van der Waals surface area contributed by atoms with Gasteiger partial charge in [0.25, 0.3) is 0 Å². The third-order valence-electron chi connectivity index (χ3n) is 5.67. The molecule has 4 atom stereocenters. The molecule has 2 aliphatic rings. The van der Waals surface area contributed by atoms with Crippen LogP contribution in [0, 0.1) is 11.8 Å². The van der Waals surface area contributed by atoms with Gasteiger partial charge in [0.15, 0.2) is 0 Å². The van der Waals surface area contributed by atoms with Gasteiger partial charge >= 0.3 is 0 Å². The Morgan fingerprint density at radius 2 is 1.58 bits per heavy atom. The topological polar surface area (TPSA) is 15.3 Å². The molecule has 2 rings (SSSR count). The van der Waals surface area contributed by atoms with Crippen LogP contribution in [-0.4, -0.2) is 37.1 Å². The second-order valence-electron chi connectivity index (χ2n) is 7.25. The van der Waals surface area contributed by atoms with Gasteiger partial charge in [0.2, 0.25) is 0 Å². The van der Waals surface area contributed by atoms with Crippen LogP contribution in [-0.2, 0) is 0 Å². The Hall–Kier alpha value is -0.0800. The molecule has 0 aromatic rings. The summed E-state index contributed by atoms with van der Waals surface area (Å²) >= 11 is 0. The summed E-state index contributed by atoms with van der Waals surface area (Å²) in [7, 11) is 4.56. The van der Waals surface area contributed by atoms with Crippen LogP contribution in [0.4, 0.5) is 0 Å². The average Bonchev–Trinajstić information content (AvgIpc) is 2.65. The zero-order valence-corrected chi connectivity index (χ0v) is 13.5. The lowest BCUT2D eigenvalue weighted by molar-refractivity contribution is 0.0478. The maximum Gasteiger partial charge on any atom is 0.0274 e. The van der Waals surface area contributed by atoms with Crippen LogP contribution in [0.3, 0.4) is 0 Å². The molecule has 0 saturated heterocycles. The minimum Gasteiger partial charge on any atom is -0.315 e. The quantitative estimate of drug-likeness (QED) is 0.784. The molecule has 0 aromatic carbocycles. The van der Waals surface area contributed by atoms with Gasteiger partial charge in [-0.2, -0.15) is 0 Å². The van der Waals surface area contributed by atoms with Crippen molar-refractivity contribution in [2.45, 2.75) is 83.3 Å². The van der Waals surface area contributed by atoms with E-state index in [-0.39, 0.29) is 0 Å². The van der Waals surface area contributed by atoms with Gasteiger partial charge in [-0.05, 0) is 51.6 Å². The van der Waals surface area contributed by atoms with E-state index in [2.05, 4.69) is 38.2 Å². The van der Waals surface area contributed by atoms with Crippen molar-refractivity contribution < 1.29 is 0 Å². The highest BCUT2D eigenvalue weighted by molar-refractivity contribution is 4.94. The Balaban J connectivity index is 2.03. The Morgan fingerprint density at radius 3 is 2.16 bits per heavy atom. The first-order valence-electron chi connectivity index (χ1n) is 8.52.